The van der Waals surface area contributed by atoms with Crippen molar-refractivity contribution in [2.45, 2.75) is 57.8 Å². The van der Waals surface area contributed by atoms with E-state index in [0.717, 1.165) is 11.8 Å². The van der Waals surface area contributed by atoms with Gasteiger partial charge < -0.3 is 0 Å². The van der Waals surface area contributed by atoms with Crippen LogP contribution in [0.25, 0.3) is 0 Å². The molecule has 1 saturated carbocycles. The van der Waals surface area contributed by atoms with Gasteiger partial charge in [0.05, 0.1) is 6.33 Å². The molecule has 0 spiro atoms. The number of benzene rings is 1. The van der Waals surface area contributed by atoms with Gasteiger partial charge in [0.1, 0.15) is 0 Å². The van der Waals surface area contributed by atoms with Gasteiger partial charge in [-0.2, -0.15) is 0 Å². The van der Waals surface area contributed by atoms with Crippen molar-refractivity contribution >= 4 is 0 Å². The first-order valence-corrected chi connectivity index (χ1v) is 7.67. The van der Waals surface area contributed by atoms with Crippen molar-refractivity contribution in [1.29, 1.82) is 0 Å². The summed E-state index contributed by atoms with van der Waals surface area (Å²) in [6.07, 6.45) is 11.1. The molecular formula is C18H25F. The number of hydrogen-bond acceptors (Lipinski definition) is 0. The van der Waals surface area contributed by atoms with E-state index < -0.39 is 0 Å². The topological polar surface area (TPSA) is 0 Å². The largest absolute Gasteiger partial charge is 0.216 e. The fraction of sp³-hybridized carbons (Fsp3) is 0.556. The smallest absolute Gasteiger partial charge is 0.0830 e. The minimum atomic E-state index is 0.628. The summed E-state index contributed by atoms with van der Waals surface area (Å²) >= 11 is 0. The Balaban J connectivity index is 1.89. The monoisotopic (exact) mass is 260 g/mol. The predicted octanol–water partition coefficient (Wildman–Crippen LogP) is 5.79. The van der Waals surface area contributed by atoms with Gasteiger partial charge in [0.2, 0.25) is 0 Å². The molecule has 0 aromatic heterocycles. The zero-order valence-corrected chi connectivity index (χ0v) is 11.9. The highest BCUT2D eigenvalue weighted by atomic mass is 19.1. The maximum Gasteiger partial charge on any atom is 0.0830 e. The first-order valence-electron chi connectivity index (χ1n) is 7.67. The molecule has 0 radical (unpaired) electrons. The van der Waals surface area contributed by atoms with Crippen molar-refractivity contribution in [3.63, 3.8) is 0 Å². The van der Waals surface area contributed by atoms with E-state index >= 15 is 0 Å². The Kier molecular flexibility index (Phi) is 5.62. The van der Waals surface area contributed by atoms with Crippen molar-refractivity contribution in [3.8, 4) is 0 Å². The standard InChI is InChI=1S/C18H25F/c1-2-4-15-6-10-17(11-7-15)18-12-8-16(9-13-18)5-3-14-19/h3,8-9,12-15,17H,2,4-7,10-11H2,1H3/b14-3+/t15-,17-. The average Bonchev–Trinajstić information content (AvgIpc) is 2.47. The highest BCUT2D eigenvalue weighted by Crippen LogP contribution is 2.37. The van der Waals surface area contributed by atoms with Crippen LogP contribution in [0.15, 0.2) is 36.7 Å². The summed E-state index contributed by atoms with van der Waals surface area (Å²) in [7, 11) is 0. The Bertz CT molecular complexity index is 383. The molecule has 104 valence electrons. The molecule has 0 bridgehead atoms. The third-order valence-corrected chi connectivity index (χ3v) is 4.44. The van der Waals surface area contributed by atoms with Gasteiger partial charge in [-0.1, -0.05) is 50.1 Å². The predicted molar refractivity (Wildman–Crippen MR) is 80.0 cm³/mol. The van der Waals surface area contributed by atoms with Gasteiger partial charge >= 0.3 is 0 Å². The van der Waals surface area contributed by atoms with Crippen molar-refractivity contribution in [2.75, 3.05) is 0 Å². The molecule has 19 heavy (non-hydrogen) atoms. The van der Waals surface area contributed by atoms with E-state index in [9.17, 15) is 4.39 Å². The van der Waals surface area contributed by atoms with Crippen LogP contribution >= 0.6 is 0 Å². The highest BCUT2D eigenvalue weighted by molar-refractivity contribution is 5.27. The van der Waals surface area contributed by atoms with E-state index in [0.29, 0.717) is 12.8 Å². The summed E-state index contributed by atoms with van der Waals surface area (Å²) < 4.78 is 12.0. The number of rotatable bonds is 5. The lowest BCUT2D eigenvalue weighted by Crippen LogP contribution is -2.13. The Morgan fingerprint density at radius 2 is 1.79 bits per heavy atom. The number of hydrogen-bond donors (Lipinski definition) is 0. The van der Waals surface area contributed by atoms with Crippen LogP contribution in [0.5, 0.6) is 0 Å². The molecular weight excluding hydrogens is 235 g/mol. The zero-order chi connectivity index (χ0) is 13.5. The summed E-state index contributed by atoms with van der Waals surface area (Å²) in [6.45, 7) is 2.29. The second-order valence-corrected chi connectivity index (χ2v) is 5.81. The molecule has 0 aliphatic heterocycles. The van der Waals surface area contributed by atoms with E-state index in [1.807, 2.05) is 0 Å². The zero-order valence-electron chi connectivity index (χ0n) is 11.9. The normalized spacial score (nSPS) is 23.9. The molecule has 2 rings (SSSR count). The van der Waals surface area contributed by atoms with Gasteiger partial charge in [0, 0.05) is 0 Å². The van der Waals surface area contributed by atoms with Crippen LogP contribution in [0.2, 0.25) is 0 Å². The molecule has 1 aliphatic rings. The number of allylic oxidation sites excluding steroid dienone is 1. The van der Waals surface area contributed by atoms with Crippen molar-refractivity contribution in [2.24, 2.45) is 5.92 Å². The molecule has 0 atom stereocenters. The Hall–Kier alpha value is -1.11. The van der Waals surface area contributed by atoms with E-state index in [1.165, 1.54) is 49.7 Å². The summed E-state index contributed by atoms with van der Waals surface area (Å²) in [6, 6.07) is 8.78. The third kappa shape index (κ3) is 4.19. The van der Waals surface area contributed by atoms with Crippen LogP contribution in [0.4, 0.5) is 4.39 Å². The van der Waals surface area contributed by atoms with E-state index in [4.69, 9.17) is 0 Å². The fourth-order valence-corrected chi connectivity index (χ4v) is 3.30. The molecule has 1 aliphatic carbocycles. The lowest BCUT2D eigenvalue weighted by Gasteiger charge is -2.28. The fourth-order valence-electron chi connectivity index (χ4n) is 3.30. The minimum absolute atomic E-state index is 0.628. The summed E-state index contributed by atoms with van der Waals surface area (Å²) in [5.74, 6) is 1.72. The second-order valence-electron chi connectivity index (χ2n) is 5.81. The second kappa shape index (κ2) is 7.47. The maximum absolute atomic E-state index is 12.0. The maximum atomic E-state index is 12.0. The number of halogens is 1. The van der Waals surface area contributed by atoms with Crippen LogP contribution in [0.3, 0.4) is 0 Å². The van der Waals surface area contributed by atoms with Crippen molar-refractivity contribution < 1.29 is 4.39 Å². The summed E-state index contributed by atoms with van der Waals surface area (Å²) in [5.41, 5.74) is 2.67. The van der Waals surface area contributed by atoms with Crippen molar-refractivity contribution in [1.82, 2.24) is 0 Å². The van der Waals surface area contributed by atoms with E-state index in [1.54, 1.807) is 6.08 Å². The molecule has 0 unspecified atom stereocenters. The van der Waals surface area contributed by atoms with Crippen LogP contribution in [-0.2, 0) is 6.42 Å². The van der Waals surface area contributed by atoms with Gasteiger partial charge in [-0.15, -0.1) is 0 Å². The average molecular weight is 260 g/mol. The molecule has 1 aromatic carbocycles. The van der Waals surface area contributed by atoms with Gasteiger partial charge in [0.25, 0.3) is 0 Å². The van der Waals surface area contributed by atoms with Crippen LogP contribution in [0, 0.1) is 5.92 Å². The SMILES string of the molecule is CCC[C@H]1CC[C@H](c2ccc(C/C=C/F)cc2)CC1. The summed E-state index contributed by atoms with van der Waals surface area (Å²) in [4.78, 5) is 0. The molecule has 0 nitrogen and oxygen atoms in total. The highest BCUT2D eigenvalue weighted by Gasteiger charge is 2.21. The van der Waals surface area contributed by atoms with Crippen LogP contribution in [-0.4, -0.2) is 0 Å². The Morgan fingerprint density at radius 3 is 2.37 bits per heavy atom. The van der Waals surface area contributed by atoms with Crippen LogP contribution < -0.4 is 0 Å². The molecule has 0 amide bonds. The minimum Gasteiger partial charge on any atom is -0.216 e. The first-order chi connectivity index (χ1) is 9.33. The van der Waals surface area contributed by atoms with E-state index in [2.05, 4.69) is 31.2 Å². The molecule has 1 aromatic rings. The van der Waals surface area contributed by atoms with Gasteiger partial charge in [0.15, 0.2) is 0 Å². The summed E-state index contributed by atoms with van der Waals surface area (Å²) in [5, 5.41) is 0. The van der Waals surface area contributed by atoms with Gasteiger partial charge in [-0.25, -0.2) is 4.39 Å². The van der Waals surface area contributed by atoms with Crippen LogP contribution in [0.1, 0.15) is 62.5 Å². The lowest BCUT2D eigenvalue weighted by molar-refractivity contribution is 0.308. The first kappa shape index (κ1) is 14.3. The molecule has 0 heterocycles. The molecule has 1 fully saturated rings. The van der Waals surface area contributed by atoms with Gasteiger partial charge in [-0.05, 0) is 55.1 Å². The molecule has 0 saturated heterocycles. The molecule has 0 N–H and O–H groups in total. The quantitative estimate of drug-likeness (QED) is 0.629. The Labute approximate surface area is 116 Å². The van der Waals surface area contributed by atoms with Gasteiger partial charge in [-0.3, -0.25) is 0 Å². The third-order valence-electron chi connectivity index (χ3n) is 4.44. The Morgan fingerprint density at radius 1 is 1.11 bits per heavy atom. The molecule has 1 heteroatoms. The van der Waals surface area contributed by atoms with E-state index in [-0.39, 0.29) is 0 Å². The van der Waals surface area contributed by atoms with Crippen molar-refractivity contribution in [3.05, 3.63) is 47.8 Å². The lowest BCUT2D eigenvalue weighted by atomic mass is 9.77.